The number of carbonyl (C=O) groups is 2. The first-order valence-corrected chi connectivity index (χ1v) is 8.94. The van der Waals surface area contributed by atoms with E-state index >= 15 is 0 Å². The fourth-order valence-electron chi connectivity index (χ4n) is 2.57. The molecule has 0 spiro atoms. The van der Waals surface area contributed by atoms with Crippen molar-refractivity contribution in [3.8, 4) is 0 Å². The van der Waals surface area contributed by atoms with Gasteiger partial charge in [-0.3, -0.25) is 4.90 Å². The van der Waals surface area contributed by atoms with Gasteiger partial charge in [-0.05, 0) is 52.0 Å². The molecule has 1 N–H and O–H groups in total. The second kappa shape index (κ2) is 7.30. The highest BCUT2D eigenvalue weighted by molar-refractivity contribution is 7.99. The zero-order valence-electron chi connectivity index (χ0n) is 15.1. The maximum absolute atomic E-state index is 12.6. The molecular formula is C16H29NO5S. The number of carboxylic acids is 1. The lowest BCUT2D eigenvalue weighted by Crippen LogP contribution is -2.50. The van der Waals surface area contributed by atoms with Crippen molar-refractivity contribution in [2.24, 2.45) is 0 Å². The van der Waals surface area contributed by atoms with Gasteiger partial charge in [0, 0.05) is 0 Å². The van der Waals surface area contributed by atoms with Crippen LogP contribution in [0.2, 0.25) is 0 Å². The summed E-state index contributed by atoms with van der Waals surface area (Å²) in [5, 5.41) is 9.89. The molecule has 1 aliphatic rings. The highest BCUT2D eigenvalue weighted by Gasteiger charge is 2.53. The number of rotatable bonds is 5. The van der Waals surface area contributed by atoms with Gasteiger partial charge in [0.15, 0.2) is 6.10 Å². The topological polar surface area (TPSA) is 76.1 Å². The molecule has 2 atom stereocenters. The van der Waals surface area contributed by atoms with E-state index in [0.717, 1.165) is 5.75 Å². The third kappa shape index (κ3) is 5.57. The minimum Gasteiger partial charge on any atom is -0.479 e. The molecule has 1 amide bonds. The second-order valence-electron chi connectivity index (χ2n) is 7.45. The first kappa shape index (κ1) is 20.1. The predicted molar refractivity (Wildman–Crippen MR) is 90.7 cm³/mol. The molecule has 0 aromatic rings. The zero-order valence-corrected chi connectivity index (χ0v) is 15.9. The number of amides is 1. The minimum absolute atomic E-state index is 0.448. The number of carbonyl (C=O) groups excluding carboxylic acids is 1. The van der Waals surface area contributed by atoms with Crippen LogP contribution in [-0.2, 0) is 14.3 Å². The van der Waals surface area contributed by atoms with Crippen LogP contribution in [0, 0.1) is 0 Å². The summed E-state index contributed by atoms with van der Waals surface area (Å²) in [7, 11) is 0. The Morgan fingerprint density at radius 2 is 1.91 bits per heavy atom. The van der Waals surface area contributed by atoms with Gasteiger partial charge < -0.3 is 14.6 Å². The lowest BCUT2D eigenvalue weighted by molar-refractivity contribution is -0.155. The molecule has 134 valence electrons. The molecule has 1 fully saturated rings. The molecule has 6 nitrogen and oxygen atoms in total. The van der Waals surface area contributed by atoms with Gasteiger partial charge in [-0.1, -0.05) is 13.8 Å². The number of carboxylic acid groups (broad SMARTS) is 1. The summed E-state index contributed by atoms with van der Waals surface area (Å²) in [4.78, 5) is 25.6. The Labute approximate surface area is 142 Å². The number of aliphatic carboxylic acids is 1. The Bertz CT molecular complexity index is 444. The van der Waals surface area contributed by atoms with Gasteiger partial charge in [-0.2, -0.15) is 11.8 Å². The third-order valence-electron chi connectivity index (χ3n) is 3.38. The first-order chi connectivity index (χ1) is 10.3. The number of hydrogen-bond donors (Lipinski definition) is 1. The van der Waals surface area contributed by atoms with E-state index in [-0.39, 0.29) is 0 Å². The molecule has 0 aromatic heterocycles. The summed E-state index contributed by atoms with van der Waals surface area (Å²) in [5.74, 6) is -0.297. The second-order valence-corrected chi connectivity index (χ2v) is 9.13. The number of thioether (sulfide) groups is 1. The summed E-state index contributed by atoms with van der Waals surface area (Å²) in [6.07, 6.45) is -1.03. The van der Waals surface area contributed by atoms with Gasteiger partial charge in [0.1, 0.15) is 11.3 Å². The fraction of sp³-hybridized carbons (Fsp3) is 0.875. The van der Waals surface area contributed by atoms with Crippen molar-refractivity contribution in [1.82, 2.24) is 4.90 Å². The normalized spacial score (nSPS) is 24.1. The quantitative estimate of drug-likeness (QED) is 0.822. The van der Waals surface area contributed by atoms with Crippen molar-refractivity contribution in [3.63, 3.8) is 0 Å². The summed E-state index contributed by atoms with van der Waals surface area (Å²) < 4.78 is 11.1. The Morgan fingerprint density at radius 3 is 2.35 bits per heavy atom. The molecule has 1 aliphatic heterocycles. The van der Waals surface area contributed by atoms with Crippen LogP contribution in [0.4, 0.5) is 4.79 Å². The van der Waals surface area contributed by atoms with Crippen molar-refractivity contribution in [2.45, 2.75) is 83.6 Å². The van der Waals surface area contributed by atoms with Gasteiger partial charge in [-0.15, -0.1) is 0 Å². The predicted octanol–water partition coefficient (Wildman–Crippen LogP) is 3.34. The molecule has 1 saturated heterocycles. The monoisotopic (exact) mass is 347 g/mol. The van der Waals surface area contributed by atoms with E-state index in [0.29, 0.717) is 11.7 Å². The average molecular weight is 347 g/mol. The molecule has 0 aromatic carbocycles. The molecule has 23 heavy (non-hydrogen) atoms. The van der Waals surface area contributed by atoms with E-state index in [4.69, 9.17) is 9.47 Å². The maximum Gasteiger partial charge on any atom is 0.412 e. The van der Waals surface area contributed by atoms with Crippen LogP contribution in [0.25, 0.3) is 0 Å². The molecule has 0 saturated carbocycles. The molecule has 0 radical (unpaired) electrons. The number of nitrogens with zero attached hydrogens (tertiary/aromatic N) is 1. The highest BCUT2D eigenvalue weighted by Crippen LogP contribution is 2.36. The molecular weight excluding hydrogens is 318 g/mol. The van der Waals surface area contributed by atoms with Crippen LogP contribution in [0.15, 0.2) is 0 Å². The molecule has 0 bridgehead atoms. The van der Waals surface area contributed by atoms with Crippen molar-refractivity contribution in [1.29, 1.82) is 0 Å². The fourth-order valence-corrected chi connectivity index (χ4v) is 3.42. The van der Waals surface area contributed by atoms with Gasteiger partial charge in [0.2, 0.25) is 0 Å². The van der Waals surface area contributed by atoms with Crippen molar-refractivity contribution < 1.29 is 24.2 Å². The van der Waals surface area contributed by atoms with Gasteiger partial charge in [-0.25, -0.2) is 9.59 Å². The standard InChI is InChI=1S/C16H29NO5S/c1-10(2)23-9-8-11-12(13(18)19)21-16(6,7)17(11)14(20)22-15(3,4)5/h10-12H,8-9H2,1-7H3,(H,18,19)/t11-,12?/m1/s1. The van der Waals surface area contributed by atoms with Crippen LogP contribution in [-0.4, -0.2) is 56.5 Å². The van der Waals surface area contributed by atoms with Crippen LogP contribution in [0.5, 0.6) is 0 Å². The van der Waals surface area contributed by atoms with Crippen molar-refractivity contribution >= 4 is 23.8 Å². The van der Waals surface area contributed by atoms with Gasteiger partial charge in [0.05, 0.1) is 6.04 Å². The maximum atomic E-state index is 12.6. The highest BCUT2D eigenvalue weighted by atomic mass is 32.2. The Hall–Kier alpha value is -0.950. The average Bonchev–Trinajstić information content (AvgIpc) is 2.58. The SMILES string of the molecule is CC(C)SCC[C@@H]1C(C(=O)O)OC(C)(C)N1C(=O)OC(C)(C)C. The smallest absolute Gasteiger partial charge is 0.412 e. The Morgan fingerprint density at radius 1 is 1.35 bits per heavy atom. The van der Waals surface area contributed by atoms with E-state index in [1.165, 1.54) is 4.90 Å². The Kier molecular flexibility index (Phi) is 6.38. The lowest BCUT2D eigenvalue weighted by Gasteiger charge is -2.35. The summed E-state index contributed by atoms with van der Waals surface area (Å²) >= 11 is 1.73. The summed E-state index contributed by atoms with van der Waals surface area (Å²) in [5.41, 5.74) is -1.66. The lowest BCUT2D eigenvalue weighted by atomic mass is 10.1. The molecule has 1 unspecified atom stereocenters. The molecule has 0 aliphatic carbocycles. The van der Waals surface area contributed by atoms with Gasteiger partial charge >= 0.3 is 12.1 Å². The van der Waals surface area contributed by atoms with E-state index < -0.39 is 35.5 Å². The van der Waals surface area contributed by atoms with E-state index in [2.05, 4.69) is 13.8 Å². The number of hydrogen-bond acceptors (Lipinski definition) is 5. The van der Waals surface area contributed by atoms with E-state index in [1.807, 2.05) is 0 Å². The van der Waals surface area contributed by atoms with Gasteiger partial charge in [0.25, 0.3) is 0 Å². The molecule has 1 heterocycles. The first-order valence-electron chi connectivity index (χ1n) is 7.89. The molecule has 7 heteroatoms. The van der Waals surface area contributed by atoms with Crippen LogP contribution in [0.1, 0.15) is 54.9 Å². The Balaban J connectivity index is 2.99. The van der Waals surface area contributed by atoms with Crippen LogP contribution in [0.3, 0.4) is 0 Å². The number of ether oxygens (including phenoxy) is 2. The third-order valence-corrected chi connectivity index (χ3v) is 4.51. The van der Waals surface area contributed by atoms with Crippen molar-refractivity contribution in [3.05, 3.63) is 0 Å². The largest absolute Gasteiger partial charge is 0.479 e. The van der Waals surface area contributed by atoms with E-state index in [9.17, 15) is 14.7 Å². The van der Waals surface area contributed by atoms with Crippen LogP contribution >= 0.6 is 11.8 Å². The summed E-state index contributed by atoms with van der Waals surface area (Å²) in [6.45, 7) is 12.9. The molecule has 1 rings (SSSR count). The zero-order chi connectivity index (χ0) is 18.0. The van der Waals surface area contributed by atoms with E-state index in [1.54, 1.807) is 46.4 Å². The summed E-state index contributed by atoms with van der Waals surface area (Å²) in [6, 6.07) is -0.538. The minimum atomic E-state index is -1.05. The van der Waals surface area contributed by atoms with Crippen LogP contribution < -0.4 is 0 Å². The van der Waals surface area contributed by atoms with Crippen molar-refractivity contribution in [2.75, 3.05) is 5.75 Å².